The van der Waals surface area contributed by atoms with Gasteiger partial charge in [0, 0.05) is 16.8 Å². The summed E-state index contributed by atoms with van der Waals surface area (Å²) in [6, 6.07) is 3.29. The van der Waals surface area contributed by atoms with Gasteiger partial charge in [-0.05, 0) is 24.3 Å². The van der Waals surface area contributed by atoms with E-state index in [4.69, 9.17) is 0 Å². The van der Waals surface area contributed by atoms with Gasteiger partial charge in [-0.3, -0.25) is 9.59 Å². The van der Waals surface area contributed by atoms with Crippen LogP contribution >= 0.6 is 11.3 Å². The van der Waals surface area contributed by atoms with E-state index in [1.54, 1.807) is 23.2 Å². The Hall–Kier alpha value is -1.36. The van der Waals surface area contributed by atoms with Gasteiger partial charge < -0.3 is 10.2 Å². The van der Waals surface area contributed by atoms with Crippen LogP contribution in [0, 0.1) is 5.92 Å². The van der Waals surface area contributed by atoms with Crippen molar-refractivity contribution in [3.8, 4) is 0 Å². The number of thiophene rings is 1. The maximum atomic E-state index is 12.7. The first-order valence-corrected chi connectivity index (χ1v) is 8.27. The molecule has 1 aromatic heterocycles. The summed E-state index contributed by atoms with van der Waals surface area (Å²) < 4.78 is 0. The molecule has 1 N–H and O–H groups in total. The average Bonchev–Trinajstić information content (AvgIpc) is 2.93. The normalized spacial score (nSPS) is 23.6. The van der Waals surface area contributed by atoms with E-state index in [-0.39, 0.29) is 23.1 Å². The highest BCUT2D eigenvalue weighted by Crippen LogP contribution is 2.30. The minimum absolute atomic E-state index is 0.0294. The SMILES string of the molecule is CC(C)C1NC(=O)C(C)N(CC(C)(C)c2cccs2)C1=O. The maximum absolute atomic E-state index is 12.7. The second-order valence-corrected chi connectivity index (χ2v) is 7.68. The summed E-state index contributed by atoms with van der Waals surface area (Å²) in [7, 11) is 0. The fourth-order valence-electron chi connectivity index (χ4n) is 2.68. The van der Waals surface area contributed by atoms with Gasteiger partial charge in [0.05, 0.1) is 0 Å². The Labute approximate surface area is 130 Å². The highest BCUT2D eigenvalue weighted by molar-refractivity contribution is 7.10. The molecule has 1 saturated heterocycles. The van der Waals surface area contributed by atoms with Crippen molar-refractivity contribution in [3.05, 3.63) is 22.4 Å². The van der Waals surface area contributed by atoms with E-state index in [9.17, 15) is 9.59 Å². The summed E-state index contributed by atoms with van der Waals surface area (Å²) >= 11 is 1.69. The Morgan fingerprint density at radius 1 is 1.38 bits per heavy atom. The Morgan fingerprint density at radius 2 is 2.05 bits per heavy atom. The van der Waals surface area contributed by atoms with E-state index < -0.39 is 12.1 Å². The van der Waals surface area contributed by atoms with E-state index in [1.807, 2.05) is 25.3 Å². The summed E-state index contributed by atoms with van der Waals surface area (Å²) in [6.45, 7) is 10.5. The third-order valence-corrected chi connectivity index (χ3v) is 5.35. The first kappa shape index (κ1) is 16.0. The minimum Gasteiger partial charge on any atom is -0.342 e. The molecule has 1 aliphatic heterocycles. The van der Waals surface area contributed by atoms with Gasteiger partial charge in [0.2, 0.25) is 11.8 Å². The van der Waals surface area contributed by atoms with E-state index in [0.717, 1.165) is 0 Å². The van der Waals surface area contributed by atoms with E-state index in [0.29, 0.717) is 6.54 Å². The molecule has 0 saturated carbocycles. The van der Waals surface area contributed by atoms with Crippen LogP contribution in [0.3, 0.4) is 0 Å². The van der Waals surface area contributed by atoms with Crippen molar-refractivity contribution in [3.63, 3.8) is 0 Å². The van der Waals surface area contributed by atoms with E-state index in [1.165, 1.54) is 4.88 Å². The second kappa shape index (κ2) is 5.79. The minimum atomic E-state index is -0.410. The number of piperazine rings is 1. The van der Waals surface area contributed by atoms with Crippen LogP contribution in [0.15, 0.2) is 17.5 Å². The lowest BCUT2D eigenvalue weighted by molar-refractivity contribution is -0.150. The predicted molar refractivity (Wildman–Crippen MR) is 85.3 cm³/mol. The predicted octanol–water partition coefficient (Wildman–Crippen LogP) is 2.40. The fraction of sp³-hybridized carbons (Fsp3) is 0.625. The van der Waals surface area contributed by atoms with Crippen LogP contribution < -0.4 is 5.32 Å². The van der Waals surface area contributed by atoms with Crippen LogP contribution in [0.2, 0.25) is 0 Å². The number of nitrogens with zero attached hydrogens (tertiary/aromatic N) is 1. The molecule has 0 bridgehead atoms. The number of rotatable bonds is 4. The zero-order chi connectivity index (χ0) is 15.8. The summed E-state index contributed by atoms with van der Waals surface area (Å²) in [4.78, 5) is 27.8. The molecule has 2 amide bonds. The van der Waals surface area contributed by atoms with Gasteiger partial charge in [-0.2, -0.15) is 0 Å². The number of hydrogen-bond acceptors (Lipinski definition) is 3. The zero-order valence-corrected chi connectivity index (χ0v) is 14.2. The van der Waals surface area contributed by atoms with Crippen molar-refractivity contribution in [1.29, 1.82) is 0 Å². The quantitative estimate of drug-likeness (QED) is 0.928. The molecule has 21 heavy (non-hydrogen) atoms. The zero-order valence-electron chi connectivity index (χ0n) is 13.3. The van der Waals surface area contributed by atoms with Crippen LogP contribution in [0.5, 0.6) is 0 Å². The first-order chi connectivity index (χ1) is 9.74. The lowest BCUT2D eigenvalue weighted by Gasteiger charge is -2.42. The van der Waals surface area contributed by atoms with Gasteiger partial charge >= 0.3 is 0 Å². The Morgan fingerprint density at radius 3 is 2.57 bits per heavy atom. The number of hydrogen-bond donors (Lipinski definition) is 1. The molecular formula is C16H24N2O2S. The molecule has 0 aromatic carbocycles. The van der Waals surface area contributed by atoms with Crippen molar-refractivity contribution in [2.24, 2.45) is 5.92 Å². The van der Waals surface area contributed by atoms with Crippen LogP contribution in [0.4, 0.5) is 0 Å². The monoisotopic (exact) mass is 308 g/mol. The molecule has 0 spiro atoms. The summed E-state index contributed by atoms with van der Waals surface area (Å²) in [6.07, 6.45) is 0. The van der Waals surface area contributed by atoms with Crippen molar-refractivity contribution in [2.75, 3.05) is 6.54 Å². The van der Waals surface area contributed by atoms with Gasteiger partial charge in [0.25, 0.3) is 0 Å². The van der Waals surface area contributed by atoms with Gasteiger partial charge in [-0.1, -0.05) is 33.8 Å². The largest absolute Gasteiger partial charge is 0.342 e. The first-order valence-electron chi connectivity index (χ1n) is 7.39. The van der Waals surface area contributed by atoms with Gasteiger partial charge in [0.1, 0.15) is 12.1 Å². The average molecular weight is 308 g/mol. The second-order valence-electron chi connectivity index (χ2n) is 6.73. The molecule has 116 valence electrons. The summed E-state index contributed by atoms with van der Waals surface area (Å²) in [5.74, 6) is 0.0679. The molecular weight excluding hydrogens is 284 g/mol. The highest BCUT2D eigenvalue weighted by atomic mass is 32.1. The van der Waals surface area contributed by atoms with Crippen LogP contribution in [0.25, 0.3) is 0 Å². The molecule has 2 atom stereocenters. The highest BCUT2D eigenvalue weighted by Gasteiger charge is 2.41. The van der Waals surface area contributed by atoms with Crippen LogP contribution in [-0.4, -0.2) is 35.3 Å². The Balaban J connectivity index is 2.24. The van der Waals surface area contributed by atoms with Crippen molar-refractivity contribution in [2.45, 2.75) is 52.1 Å². The lowest BCUT2D eigenvalue weighted by Crippen LogP contribution is -2.65. The molecule has 2 unspecified atom stereocenters. The lowest BCUT2D eigenvalue weighted by atomic mass is 9.88. The summed E-state index contributed by atoms with van der Waals surface area (Å²) in [5.41, 5.74) is -0.156. The molecule has 5 heteroatoms. The van der Waals surface area contributed by atoms with Crippen molar-refractivity contribution in [1.82, 2.24) is 10.2 Å². The molecule has 4 nitrogen and oxygen atoms in total. The van der Waals surface area contributed by atoms with E-state index >= 15 is 0 Å². The maximum Gasteiger partial charge on any atom is 0.246 e. The molecule has 1 fully saturated rings. The Kier molecular flexibility index (Phi) is 4.42. The van der Waals surface area contributed by atoms with Crippen LogP contribution in [-0.2, 0) is 15.0 Å². The van der Waals surface area contributed by atoms with E-state index in [2.05, 4.69) is 25.2 Å². The van der Waals surface area contributed by atoms with Gasteiger partial charge in [-0.25, -0.2) is 0 Å². The van der Waals surface area contributed by atoms with Gasteiger partial charge in [-0.15, -0.1) is 11.3 Å². The molecule has 0 aliphatic carbocycles. The molecule has 2 rings (SSSR count). The van der Waals surface area contributed by atoms with Gasteiger partial charge in [0.15, 0.2) is 0 Å². The topological polar surface area (TPSA) is 49.4 Å². The standard InChI is InChI=1S/C16H24N2O2S/c1-10(2)13-15(20)18(11(3)14(19)17-13)9-16(4,5)12-7-6-8-21-12/h6-8,10-11,13H,9H2,1-5H3,(H,17,19). The number of nitrogens with one attached hydrogen (secondary N) is 1. The molecule has 2 heterocycles. The van der Waals surface area contributed by atoms with Crippen molar-refractivity contribution < 1.29 is 9.59 Å². The molecule has 0 radical (unpaired) electrons. The number of carbonyl (C=O) groups is 2. The molecule has 1 aromatic rings. The third kappa shape index (κ3) is 3.12. The Bertz CT molecular complexity index is 522. The number of amides is 2. The smallest absolute Gasteiger partial charge is 0.246 e. The fourth-order valence-corrected chi connectivity index (χ4v) is 3.53. The summed E-state index contributed by atoms with van der Waals surface area (Å²) in [5, 5.41) is 4.88. The molecule has 1 aliphatic rings. The number of carbonyl (C=O) groups excluding carboxylic acids is 2. The van der Waals surface area contributed by atoms with Crippen molar-refractivity contribution >= 4 is 23.2 Å². The van der Waals surface area contributed by atoms with Crippen LogP contribution in [0.1, 0.15) is 39.5 Å². The third-order valence-electron chi connectivity index (χ3n) is 4.11.